The van der Waals surface area contributed by atoms with Gasteiger partial charge >= 0.3 is 0 Å². The number of unbranched alkanes of at least 4 members (excludes halogenated alkanes) is 12. The Hall–Kier alpha value is 0.660. The van der Waals surface area contributed by atoms with Gasteiger partial charge in [-0.05, 0) is 37.2 Å². The molecule has 0 aromatic rings. The third-order valence-corrected chi connectivity index (χ3v) is 4.53. The summed E-state index contributed by atoms with van der Waals surface area (Å²) < 4.78 is 5.70. The normalized spacial score (nSPS) is 11.1. The highest BCUT2D eigenvalue weighted by Crippen LogP contribution is 2.09. The van der Waals surface area contributed by atoms with Crippen LogP contribution in [0.4, 0.5) is 0 Å². The number of hydrogen-bond acceptors (Lipinski definition) is 3. The van der Waals surface area contributed by atoms with E-state index in [2.05, 4.69) is 25.3 Å². The van der Waals surface area contributed by atoms with Crippen molar-refractivity contribution in [3.05, 3.63) is 0 Å². The summed E-state index contributed by atoms with van der Waals surface area (Å²) in [5.41, 5.74) is 0. The van der Waals surface area contributed by atoms with Crippen molar-refractivity contribution in [1.29, 1.82) is 0 Å². The van der Waals surface area contributed by atoms with Crippen molar-refractivity contribution in [2.75, 3.05) is 24.7 Å². The zero-order valence-corrected chi connectivity index (χ0v) is 15.8. The molecule has 0 unspecified atom stereocenters. The Bertz CT molecular complexity index is 159. The molecule has 0 saturated carbocycles. The van der Waals surface area contributed by atoms with E-state index in [1.54, 1.807) is 0 Å². The van der Waals surface area contributed by atoms with E-state index in [9.17, 15) is 0 Å². The minimum absolute atomic E-state index is 0.971. The molecule has 0 spiro atoms. The van der Waals surface area contributed by atoms with E-state index < -0.39 is 0 Å². The molecule has 0 amide bonds. The van der Waals surface area contributed by atoms with Crippen LogP contribution in [0.25, 0.3) is 0 Å². The average Bonchev–Trinajstić information content (AvgIpc) is 2.50. The summed E-state index contributed by atoms with van der Waals surface area (Å²) in [7, 11) is 0. The topological polar surface area (TPSA) is 9.23 Å². The third kappa shape index (κ3) is 20.7. The molecule has 0 rings (SSSR count). The van der Waals surface area contributed by atoms with Gasteiger partial charge in [-0.25, -0.2) is 0 Å². The monoisotopic (exact) mass is 334 g/mol. The highest BCUT2D eigenvalue weighted by atomic mass is 32.1. The van der Waals surface area contributed by atoms with Crippen LogP contribution in [-0.4, -0.2) is 24.7 Å². The lowest BCUT2D eigenvalue weighted by molar-refractivity contribution is 0.125. The van der Waals surface area contributed by atoms with Crippen molar-refractivity contribution in [3.8, 4) is 0 Å². The quantitative estimate of drug-likeness (QED) is 0.220. The van der Waals surface area contributed by atoms with Crippen molar-refractivity contribution in [2.45, 2.75) is 89.9 Å². The lowest BCUT2D eigenvalue weighted by Gasteiger charge is -2.05. The molecule has 0 aromatic carbocycles. The van der Waals surface area contributed by atoms with E-state index in [4.69, 9.17) is 4.74 Å². The Morgan fingerprint density at radius 1 is 0.381 bits per heavy atom. The van der Waals surface area contributed by atoms with Crippen molar-refractivity contribution in [3.63, 3.8) is 0 Å². The maximum absolute atomic E-state index is 5.70. The predicted molar refractivity (Wildman–Crippen MR) is 103 cm³/mol. The van der Waals surface area contributed by atoms with Crippen molar-refractivity contribution < 1.29 is 4.74 Å². The van der Waals surface area contributed by atoms with Crippen molar-refractivity contribution in [2.24, 2.45) is 0 Å². The first-order valence-corrected chi connectivity index (χ1v) is 10.5. The van der Waals surface area contributed by atoms with Crippen LogP contribution in [0.1, 0.15) is 89.9 Å². The first-order chi connectivity index (χ1) is 10.4. The molecule has 0 aliphatic heterocycles. The minimum atomic E-state index is 0.971. The maximum atomic E-state index is 5.70. The summed E-state index contributed by atoms with van der Waals surface area (Å²) >= 11 is 8.46. The molecule has 0 aromatic heterocycles. The molecule has 0 radical (unpaired) electrons. The largest absolute Gasteiger partial charge is 0.381 e. The van der Waals surface area contributed by atoms with Gasteiger partial charge in [0.2, 0.25) is 0 Å². The molecule has 0 heterocycles. The summed E-state index contributed by atoms with van der Waals surface area (Å²) in [4.78, 5) is 0. The molecular formula is C18H38OS2. The van der Waals surface area contributed by atoms with Crippen LogP contribution >= 0.6 is 25.3 Å². The number of hydrogen-bond donors (Lipinski definition) is 2. The first kappa shape index (κ1) is 21.7. The summed E-state index contributed by atoms with van der Waals surface area (Å²) in [5.74, 6) is 2.09. The molecule has 128 valence electrons. The van der Waals surface area contributed by atoms with Crippen LogP contribution in [0.15, 0.2) is 0 Å². The lowest BCUT2D eigenvalue weighted by Crippen LogP contribution is -1.97. The van der Waals surface area contributed by atoms with E-state index in [0.717, 1.165) is 24.7 Å². The zero-order valence-electron chi connectivity index (χ0n) is 14.0. The Labute approximate surface area is 144 Å². The van der Waals surface area contributed by atoms with Crippen LogP contribution < -0.4 is 0 Å². The number of thiol groups is 2. The molecule has 0 N–H and O–H groups in total. The minimum Gasteiger partial charge on any atom is -0.381 e. The fourth-order valence-corrected chi connectivity index (χ4v) is 2.95. The second kappa shape index (κ2) is 20.7. The summed E-state index contributed by atoms with van der Waals surface area (Å²) in [5, 5.41) is 0. The van der Waals surface area contributed by atoms with E-state index in [-0.39, 0.29) is 0 Å². The zero-order chi connectivity index (χ0) is 15.4. The molecule has 0 bridgehead atoms. The first-order valence-electron chi connectivity index (χ1n) is 9.21. The Balaban J connectivity index is 2.90. The third-order valence-electron chi connectivity index (χ3n) is 3.89. The van der Waals surface area contributed by atoms with Crippen LogP contribution in [-0.2, 0) is 4.74 Å². The fraction of sp³-hybridized carbons (Fsp3) is 1.00. The molecule has 0 aliphatic rings. The molecule has 1 nitrogen and oxygen atoms in total. The smallest absolute Gasteiger partial charge is 0.0466 e. The Morgan fingerprint density at radius 3 is 1.00 bits per heavy atom. The number of ether oxygens (including phenoxy) is 1. The van der Waals surface area contributed by atoms with Crippen LogP contribution in [0.5, 0.6) is 0 Å². The molecule has 0 atom stereocenters. The van der Waals surface area contributed by atoms with Gasteiger partial charge in [-0.1, -0.05) is 64.2 Å². The SMILES string of the molecule is SCCCCCCCCCOCCCCCCCCCS. The number of rotatable bonds is 18. The van der Waals surface area contributed by atoms with Crippen molar-refractivity contribution in [1.82, 2.24) is 0 Å². The molecule has 21 heavy (non-hydrogen) atoms. The molecule has 0 fully saturated rings. The summed E-state index contributed by atoms with van der Waals surface area (Å²) in [6.45, 7) is 1.94. The Morgan fingerprint density at radius 2 is 0.667 bits per heavy atom. The summed E-state index contributed by atoms with van der Waals surface area (Å²) in [6, 6.07) is 0. The van der Waals surface area contributed by atoms with Gasteiger partial charge in [0.25, 0.3) is 0 Å². The second-order valence-electron chi connectivity index (χ2n) is 6.01. The van der Waals surface area contributed by atoms with Crippen LogP contribution in [0, 0.1) is 0 Å². The molecule has 0 saturated heterocycles. The van der Waals surface area contributed by atoms with Crippen LogP contribution in [0.3, 0.4) is 0 Å². The highest BCUT2D eigenvalue weighted by Gasteiger charge is 1.94. The van der Waals surface area contributed by atoms with E-state index in [1.807, 2.05) is 0 Å². The Kier molecular flexibility index (Phi) is 21.3. The molecule has 0 aliphatic carbocycles. The van der Waals surface area contributed by atoms with Gasteiger partial charge in [-0.15, -0.1) is 0 Å². The lowest BCUT2D eigenvalue weighted by atomic mass is 10.1. The highest BCUT2D eigenvalue weighted by molar-refractivity contribution is 7.80. The molecular weight excluding hydrogens is 296 g/mol. The van der Waals surface area contributed by atoms with E-state index in [0.29, 0.717) is 0 Å². The average molecular weight is 335 g/mol. The molecule has 3 heteroatoms. The van der Waals surface area contributed by atoms with Gasteiger partial charge in [-0.3, -0.25) is 0 Å². The van der Waals surface area contributed by atoms with E-state index >= 15 is 0 Å². The van der Waals surface area contributed by atoms with Gasteiger partial charge in [-0.2, -0.15) is 25.3 Å². The van der Waals surface area contributed by atoms with Gasteiger partial charge < -0.3 is 4.74 Å². The van der Waals surface area contributed by atoms with Gasteiger partial charge in [0.05, 0.1) is 0 Å². The van der Waals surface area contributed by atoms with Gasteiger partial charge in [0.15, 0.2) is 0 Å². The summed E-state index contributed by atoms with van der Waals surface area (Å²) in [6.07, 6.45) is 18.7. The van der Waals surface area contributed by atoms with Crippen molar-refractivity contribution >= 4 is 25.3 Å². The predicted octanol–water partition coefficient (Wildman–Crippen LogP) is 6.32. The van der Waals surface area contributed by atoms with Crippen LogP contribution in [0.2, 0.25) is 0 Å². The fourth-order valence-electron chi connectivity index (χ4n) is 2.50. The standard InChI is InChI=1S/C18H38OS2/c20-17-13-9-5-1-3-7-11-15-19-16-12-8-4-2-6-10-14-18-21/h20-21H,1-18H2. The maximum Gasteiger partial charge on any atom is 0.0466 e. The van der Waals surface area contributed by atoms with Gasteiger partial charge in [0, 0.05) is 13.2 Å². The second-order valence-corrected chi connectivity index (χ2v) is 6.90. The van der Waals surface area contributed by atoms with E-state index in [1.165, 1.54) is 89.9 Å². The van der Waals surface area contributed by atoms with Gasteiger partial charge in [0.1, 0.15) is 0 Å².